The minimum atomic E-state index is -0.930. The first kappa shape index (κ1) is 15.2. The van der Waals surface area contributed by atoms with Gasteiger partial charge in [-0.1, -0.05) is 13.8 Å². The molecule has 19 heavy (non-hydrogen) atoms. The maximum Gasteiger partial charge on any atom is 0.308 e. The lowest BCUT2D eigenvalue weighted by Crippen LogP contribution is -2.40. The van der Waals surface area contributed by atoms with Crippen LogP contribution in [0.15, 0.2) is 6.07 Å². The van der Waals surface area contributed by atoms with Crippen molar-refractivity contribution in [3.8, 4) is 0 Å². The van der Waals surface area contributed by atoms with E-state index >= 15 is 0 Å². The molecule has 1 aromatic heterocycles. The molecular formula is C13H21N3O3. The van der Waals surface area contributed by atoms with Crippen LogP contribution >= 0.6 is 0 Å². The number of carbonyl (C=O) groups is 2. The monoisotopic (exact) mass is 267 g/mol. The number of carboxylic acid groups (broad SMARTS) is 1. The summed E-state index contributed by atoms with van der Waals surface area (Å²) in [5, 5.41) is 15.8. The Morgan fingerprint density at radius 2 is 1.89 bits per heavy atom. The molecule has 0 aliphatic heterocycles. The van der Waals surface area contributed by atoms with Gasteiger partial charge in [-0.05, 0) is 25.8 Å². The first-order chi connectivity index (χ1) is 8.73. The summed E-state index contributed by atoms with van der Waals surface area (Å²) in [4.78, 5) is 22.9. The van der Waals surface area contributed by atoms with Gasteiger partial charge in [-0.25, -0.2) is 0 Å². The predicted molar refractivity (Wildman–Crippen MR) is 71.0 cm³/mol. The van der Waals surface area contributed by atoms with Crippen molar-refractivity contribution >= 4 is 11.9 Å². The summed E-state index contributed by atoms with van der Waals surface area (Å²) in [6.07, 6.45) is 0. The number of nitrogens with zero attached hydrogens (tertiary/aromatic N) is 2. The minimum absolute atomic E-state index is 0.239. The second-order valence-electron chi connectivity index (χ2n) is 5.12. The lowest BCUT2D eigenvalue weighted by molar-refractivity contribution is -0.141. The van der Waals surface area contributed by atoms with E-state index in [1.165, 1.54) is 4.68 Å². The summed E-state index contributed by atoms with van der Waals surface area (Å²) in [5.41, 5.74) is 1.28. The molecule has 0 aliphatic rings. The van der Waals surface area contributed by atoms with Gasteiger partial charge in [0.1, 0.15) is 5.69 Å². The van der Waals surface area contributed by atoms with Gasteiger partial charge in [0.25, 0.3) is 5.91 Å². The van der Waals surface area contributed by atoms with Crippen LogP contribution in [0.4, 0.5) is 0 Å². The zero-order valence-corrected chi connectivity index (χ0v) is 12.0. The molecule has 0 fully saturated rings. The maximum atomic E-state index is 12.1. The number of hydrogen-bond acceptors (Lipinski definition) is 3. The fourth-order valence-electron chi connectivity index (χ4n) is 1.60. The van der Waals surface area contributed by atoms with Gasteiger partial charge in [0.05, 0.1) is 11.6 Å². The molecule has 106 valence electrons. The van der Waals surface area contributed by atoms with E-state index in [9.17, 15) is 9.59 Å². The molecule has 1 aromatic rings. The number of carboxylic acids is 1. The molecule has 2 atom stereocenters. The van der Waals surface area contributed by atoms with Crippen molar-refractivity contribution in [1.82, 2.24) is 15.1 Å². The molecule has 0 spiro atoms. The van der Waals surface area contributed by atoms with E-state index in [1.807, 2.05) is 13.8 Å². The van der Waals surface area contributed by atoms with Crippen LogP contribution in [0.25, 0.3) is 0 Å². The highest BCUT2D eigenvalue weighted by molar-refractivity contribution is 5.93. The number of hydrogen-bond donors (Lipinski definition) is 2. The molecule has 2 N–H and O–H groups in total. The average Bonchev–Trinajstić information content (AvgIpc) is 2.70. The van der Waals surface area contributed by atoms with Crippen molar-refractivity contribution in [2.24, 2.45) is 13.0 Å². The summed E-state index contributed by atoms with van der Waals surface area (Å²) in [5.74, 6) is -1.63. The molecule has 0 radical (unpaired) electrons. The molecule has 0 aromatic carbocycles. The van der Waals surface area contributed by atoms with E-state index in [-0.39, 0.29) is 11.8 Å². The lowest BCUT2D eigenvalue weighted by Gasteiger charge is -2.17. The summed E-state index contributed by atoms with van der Waals surface area (Å²) in [6, 6.07) is 1.29. The summed E-state index contributed by atoms with van der Waals surface area (Å²) < 4.78 is 1.52. The Kier molecular flexibility index (Phi) is 4.69. The molecule has 1 rings (SSSR count). The zero-order valence-electron chi connectivity index (χ0n) is 12.0. The van der Waals surface area contributed by atoms with Gasteiger partial charge < -0.3 is 10.4 Å². The van der Waals surface area contributed by atoms with Gasteiger partial charge in [-0.2, -0.15) is 5.10 Å². The van der Waals surface area contributed by atoms with E-state index in [0.29, 0.717) is 5.69 Å². The van der Waals surface area contributed by atoms with Gasteiger partial charge >= 0.3 is 5.97 Å². The van der Waals surface area contributed by atoms with Crippen LogP contribution in [0.1, 0.15) is 49.8 Å². The molecule has 0 saturated carbocycles. The second-order valence-corrected chi connectivity index (χ2v) is 5.12. The average molecular weight is 267 g/mol. The fourth-order valence-corrected chi connectivity index (χ4v) is 1.60. The molecule has 1 amide bonds. The summed E-state index contributed by atoms with van der Waals surface area (Å²) in [7, 11) is 1.70. The third kappa shape index (κ3) is 3.56. The Hall–Kier alpha value is -1.85. The number of aryl methyl sites for hydroxylation is 1. The van der Waals surface area contributed by atoms with Crippen molar-refractivity contribution in [2.75, 3.05) is 0 Å². The summed E-state index contributed by atoms with van der Waals surface area (Å²) >= 11 is 0. The third-order valence-corrected chi connectivity index (χ3v) is 3.22. The first-order valence-corrected chi connectivity index (χ1v) is 6.31. The lowest BCUT2D eigenvalue weighted by atomic mass is 10.0. The standard InChI is InChI=1S/C13H21N3O3/c1-7(2)10-6-11(16(5)15-10)12(17)14-9(4)8(3)13(18)19/h6-9H,1-5H3,(H,14,17)(H,18,19). The maximum absolute atomic E-state index is 12.1. The fraction of sp³-hybridized carbons (Fsp3) is 0.615. The van der Waals surface area contributed by atoms with Gasteiger partial charge in [-0.3, -0.25) is 14.3 Å². The Bertz CT molecular complexity index is 479. The Morgan fingerprint density at radius 1 is 1.32 bits per heavy atom. The molecule has 0 saturated heterocycles. The van der Waals surface area contributed by atoms with Crippen LogP contribution < -0.4 is 5.32 Å². The van der Waals surface area contributed by atoms with Gasteiger partial charge in [0.15, 0.2) is 0 Å². The van der Waals surface area contributed by atoms with Crippen LogP contribution in [0.5, 0.6) is 0 Å². The van der Waals surface area contributed by atoms with E-state index in [4.69, 9.17) is 5.11 Å². The van der Waals surface area contributed by atoms with Crippen molar-refractivity contribution in [3.05, 3.63) is 17.5 Å². The Labute approximate surface area is 112 Å². The van der Waals surface area contributed by atoms with Crippen molar-refractivity contribution in [2.45, 2.75) is 39.7 Å². The SMILES string of the molecule is CC(C)c1cc(C(=O)NC(C)C(C)C(=O)O)n(C)n1. The number of amides is 1. The number of nitrogens with one attached hydrogen (secondary N) is 1. The predicted octanol–water partition coefficient (Wildman–Crippen LogP) is 1.38. The quantitative estimate of drug-likeness (QED) is 0.844. The summed E-state index contributed by atoms with van der Waals surface area (Å²) in [6.45, 7) is 7.24. The van der Waals surface area contributed by atoms with E-state index in [2.05, 4.69) is 10.4 Å². The Balaban J connectivity index is 2.81. The van der Waals surface area contributed by atoms with E-state index in [1.54, 1.807) is 27.0 Å². The third-order valence-electron chi connectivity index (χ3n) is 3.22. The number of aromatic nitrogens is 2. The topological polar surface area (TPSA) is 84.2 Å². The highest BCUT2D eigenvalue weighted by Crippen LogP contribution is 2.14. The van der Waals surface area contributed by atoms with Gasteiger partial charge in [-0.15, -0.1) is 0 Å². The molecule has 6 nitrogen and oxygen atoms in total. The smallest absolute Gasteiger partial charge is 0.308 e. The molecule has 6 heteroatoms. The number of aliphatic carboxylic acids is 1. The van der Waals surface area contributed by atoms with Crippen LogP contribution in [0, 0.1) is 5.92 Å². The normalized spacial score (nSPS) is 14.2. The molecule has 0 aliphatic carbocycles. The van der Waals surface area contributed by atoms with Crippen LogP contribution in [-0.4, -0.2) is 32.8 Å². The highest BCUT2D eigenvalue weighted by atomic mass is 16.4. The first-order valence-electron chi connectivity index (χ1n) is 6.31. The minimum Gasteiger partial charge on any atom is -0.481 e. The molecular weight excluding hydrogens is 246 g/mol. The highest BCUT2D eigenvalue weighted by Gasteiger charge is 2.23. The number of carbonyl (C=O) groups excluding carboxylic acids is 1. The van der Waals surface area contributed by atoms with E-state index < -0.39 is 17.9 Å². The molecule has 0 bridgehead atoms. The van der Waals surface area contributed by atoms with Gasteiger partial charge in [0, 0.05) is 13.1 Å². The van der Waals surface area contributed by atoms with Crippen molar-refractivity contribution in [1.29, 1.82) is 0 Å². The molecule has 1 heterocycles. The Morgan fingerprint density at radius 3 is 2.32 bits per heavy atom. The van der Waals surface area contributed by atoms with Crippen LogP contribution in [0.2, 0.25) is 0 Å². The number of rotatable bonds is 5. The second kappa shape index (κ2) is 5.86. The van der Waals surface area contributed by atoms with Crippen molar-refractivity contribution in [3.63, 3.8) is 0 Å². The van der Waals surface area contributed by atoms with Gasteiger partial charge in [0.2, 0.25) is 0 Å². The molecule has 2 unspecified atom stereocenters. The zero-order chi connectivity index (χ0) is 14.7. The van der Waals surface area contributed by atoms with Crippen LogP contribution in [0.3, 0.4) is 0 Å². The largest absolute Gasteiger partial charge is 0.481 e. The van der Waals surface area contributed by atoms with E-state index in [0.717, 1.165) is 5.69 Å². The van der Waals surface area contributed by atoms with Crippen molar-refractivity contribution < 1.29 is 14.7 Å². The van der Waals surface area contributed by atoms with Crippen LogP contribution in [-0.2, 0) is 11.8 Å².